The second kappa shape index (κ2) is 6.75. The lowest BCUT2D eigenvalue weighted by atomic mass is 9.84. The predicted molar refractivity (Wildman–Crippen MR) is 84.2 cm³/mol. The maximum Gasteiger partial charge on any atom is 0.308 e. The molecule has 1 aliphatic rings. The van der Waals surface area contributed by atoms with Gasteiger partial charge in [-0.2, -0.15) is 0 Å². The zero-order chi connectivity index (χ0) is 15.4. The number of hydrogen-bond donors (Lipinski definition) is 3. The van der Waals surface area contributed by atoms with Gasteiger partial charge < -0.3 is 15.4 Å². The molecule has 1 heterocycles. The minimum absolute atomic E-state index is 0.0384. The summed E-state index contributed by atoms with van der Waals surface area (Å²) in [6.07, 6.45) is 5.61. The van der Waals surface area contributed by atoms with E-state index in [0.29, 0.717) is 6.54 Å². The third-order valence-corrected chi connectivity index (χ3v) is 4.33. The molecule has 1 fully saturated rings. The summed E-state index contributed by atoms with van der Waals surface area (Å²) in [5.41, 5.74) is 2.08. The average molecular weight is 299 g/mol. The van der Waals surface area contributed by atoms with Gasteiger partial charge in [0.25, 0.3) is 0 Å². The second-order valence-corrected chi connectivity index (χ2v) is 5.83. The van der Waals surface area contributed by atoms with Crippen LogP contribution in [-0.4, -0.2) is 27.1 Å². The fourth-order valence-corrected chi connectivity index (χ4v) is 3.12. The number of benzene rings is 1. The first-order valence-corrected chi connectivity index (χ1v) is 7.79. The van der Waals surface area contributed by atoms with Gasteiger partial charge in [-0.25, -0.2) is 4.98 Å². The molecule has 0 saturated heterocycles. The van der Waals surface area contributed by atoms with E-state index in [2.05, 4.69) is 15.3 Å². The van der Waals surface area contributed by atoms with E-state index in [1.807, 2.05) is 36.5 Å². The van der Waals surface area contributed by atoms with E-state index in [-0.39, 0.29) is 12.0 Å². The quantitative estimate of drug-likeness (QED) is 0.793. The Morgan fingerprint density at radius 2 is 2.05 bits per heavy atom. The number of hydrogen-bond acceptors (Lipinski definition) is 3. The van der Waals surface area contributed by atoms with E-state index < -0.39 is 5.97 Å². The molecule has 22 heavy (non-hydrogen) atoms. The molecule has 1 aromatic carbocycles. The Morgan fingerprint density at radius 1 is 1.27 bits per heavy atom. The van der Waals surface area contributed by atoms with Crippen molar-refractivity contribution in [1.82, 2.24) is 15.3 Å². The number of nitrogens with one attached hydrogen (secondary N) is 2. The molecule has 0 radical (unpaired) electrons. The van der Waals surface area contributed by atoms with Crippen molar-refractivity contribution in [3.63, 3.8) is 0 Å². The van der Waals surface area contributed by atoms with Crippen molar-refractivity contribution in [2.24, 2.45) is 5.92 Å². The summed E-state index contributed by atoms with van der Waals surface area (Å²) in [4.78, 5) is 19.0. The molecule has 3 rings (SSSR count). The Labute approximate surface area is 129 Å². The topological polar surface area (TPSA) is 78.0 Å². The van der Waals surface area contributed by atoms with Crippen LogP contribution in [0, 0.1) is 5.92 Å². The molecule has 1 aromatic heterocycles. The number of imidazole rings is 1. The molecular weight excluding hydrogens is 278 g/mol. The van der Waals surface area contributed by atoms with Crippen molar-refractivity contribution < 1.29 is 9.90 Å². The molecule has 1 saturated carbocycles. The van der Waals surface area contributed by atoms with Crippen LogP contribution in [0.15, 0.2) is 36.5 Å². The highest BCUT2D eigenvalue weighted by molar-refractivity contribution is 5.71. The molecule has 5 heteroatoms. The first-order chi connectivity index (χ1) is 10.7. The minimum atomic E-state index is -0.693. The fraction of sp³-hybridized carbons (Fsp3) is 0.412. The molecule has 1 aliphatic carbocycles. The maximum absolute atomic E-state index is 11.3. The average Bonchev–Trinajstić information content (AvgIpc) is 3.03. The molecule has 0 amide bonds. The first-order valence-electron chi connectivity index (χ1n) is 7.79. The number of H-pyrrole nitrogens is 1. The van der Waals surface area contributed by atoms with Gasteiger partial charge in [0.2, 0.25) is 0 Å². The van der Waals surface area contributed by atoms with Crippen LogP contribution < -0.4 is 5.32 Å². The zero-order valence-corrected chi connectivity index (χ0v) is 12.5. The van der Waals surface area contributed by atoms with Gasteiger partial charge in [0, 0.05) is 6.04 Å². The first kappa shape index (κ1) is 14.8. The van der Waals surface area contributed by atoms with E-state index >= 15 is 0 Å². The minimum Gasteiger partial charge on any atom is -0.481 e. The lowest BCUT2D eigenvalue weighted by molar-refractivity contribution is -0.143. The molecule has 0 aliphatic heterocycles. The molecule has 0 bridgehead atoms. The van der Waals surface area contributed by atoms with Crippen molar-refractivity contribution in [3.8, 4) is 11.3 Å². The lowest BCUT2D eigenvalue weighted by Crippen LogP contribution is -2.42. The number of carboxylic acids is 1. The highest BCUT2D eigenvalue weighted by atomic mass is 16.4. The van der Waals surface area contributed by atoms with Crippen LogP contribution in [0.5, 0.6) is 0 Å². The van der Waals surface area contributed by atoms with Crippen LogP contribution in [0.3, 0.4) is 0 Å². The molecular formula is C17H21N3O2. The van der Waals surface area contributed by atoms with E-state index in [9.17, 15) is 9.90 Å². The van der Waals surface area contributed by atoms with Crippen molar-refractivity contribution in [3.05, 3.63) is 42.4 Å². The molecule has 116 valence electrons. The van der Waals surface area contributed by atoms with Gasteiger partial charge in [-0.1, -0.05) is 43.2 Å². The normalized spacial score (nSPS) is 21.6. The standard InChI is InChI=1S/C17H21N3O2/c21-17(22)13-8-4-5-9-14(13)18-11-16-19-10-15(20-16)12-6-2-1-3-7-12/h1-3,6-7,10,13-14,18H,4-5,8-9,11H2,(H,19,20)(H,21,22)/t13-,14+/m1/s1. The number of carbonyl (C=O) groups is 1. The molecule has 5 nitrogen and oxygen atoms in total. The number of aliphatic carboxylic acids is 1. The smallest absolute Gasteiger partial charge is 0.308 e. The van der Waals surface area contributed by atoms with Gasteiger partial charge in [-0.05, 0) is 18.4 Å². The third kappa shape index (κ3) is 3.36. The summed E-state index contributed by atoms with van der Waals surface area (Å²) in [6.45, 7) is 0.571. The van der Waals surface area contributed by atoms with Crippen LogP contribution in [0.1, 0.15) is 31.5 Å². The number of rotatable bonds is 5. The Morgan fingerprint density at radius 3 is 2.82 bits per heavy atom. The SMILES string of the molecule is O=C(O)[C@@H]1CCCC[C@@H]1NCc1ncc(-c2ccccc2)[nH]1. The maximum atomic E-state index is 11.3. The van der Waals surface area contributed by atoms with Gasteiger partial charge in [-0.15, -0.1) is 0 Å². The largest absolute Gasteiger partial charge is 0.481 e. The van der Waals surface area contributed by atoms with Crippen molar-refractivity contribution >= 4 is 5.97 Å². The third-order valence-electron chi connectivity index (χ3n) is 4.33. The fourth-order valence-electron chi connectivity index (χ4n) is 3.12. The summed E-state index contributed by atoms with van der Waals surface area (Å²) in [6, 6.07) is 10.1. The van der Waals surface area contributed by atoms with Crippen LogP contribution in [0.25, 0.3) is 11.3 Å². The molecule has 2 aromatic rings. The number of aromatic amines is 1. The van der Waals surface area contributed by atoms with Gasteiger partial charge in [-0.3, -0.25) is 4.79 Å². The highest BCUT2D eigenvalue weighted by Crippen LogP contribution is 2.25. The van der Waals surface area contributed by atoms with Crippen LogP contribution in [-0.2, 0) is 11.3 Å². The number of aromatic nitrogens is 2. The van der Waals surface area contributed by atoms with Gasteiger partial charge >= 0.3 is 5.97 Å². The van der Waals surface area contributed by atoms with Gasteiger partial charge in [0.1, 0.15) is 5.82 Å². The summed E-state index contributed by atoms with van der Waals surface area (Å²) in [5.74, 6) is -0.132. The predicted octanol–water partition coefficient (Wildman–Crippen LogP) is 2.81. The molecule has 2 atom stereocenters. The van der Waals surface area contributed by atoms with Gasteiger partial charge in [0.05, 0.1) is 24.4 Å². The summed E-state index contributed by atoms with van der Waals surface area (Å²) < 4.78 is 0. The molecule has 0 spiro atoms. The van der Waals surface area contributed by atoms with E-state index in [1.165, 1.54) is 0 Å². The molecule has 3 N–H and O–H groups in total. The van der Waals surface area contributed by atoms with Gasteiger partial charge in [0.15, 0.2) is 0 Å². The van der Waals surface area contributed by atoms with Crippen molar-refractivity contribution in [2.75, 3.05) is 0 Å². The summed E-state index contributed by atoms with van der Waals surface area (Å²) >= 11 is 0. The van der Waals surface area contributed by atoms with Crippen LogP contribution >= 0.6 is 0 Å². The monoisotopic (exact) mass is 299 g/mol. The van der Waals surface area contributed by atoms with Crippen molar-refractivity contribution in [2.45, 2.75) is 38.3 Å². The molecule has 0 unspecified atom stereocenters. The van der Waals surface area contributed by atoms with E-state index in [1.54, 1.807) is 0 Å². The summed E-state index contributed by atoms with van der Waals surface area (Å²) in [5, 5.41) is 12.7. The lowest BCUT2D eigenvalue weighted by Gasteiger charge is -2.29. The van der Waals surface area contributed by atoms with E-state index in [4.69, 9.17) is 0 Å². The summed E-state index contributed by atoms with van der Waals surface area (Å²) in [7, 11) is 0. The Kier molecular flexibility index (Phi) is 4.53. The number of carboxylic acid groups (broad SMARTS) is 1. The Hall–Kier alpha value is -2.14. The van der Waals surface area contributed by atoms with Crippen LogP contribution in [0.2, 0.25) is 0 Å². The second-order valence-electron chi connectivity index (χ2n) is 5.83. The van der Waals surface area contributed by atoms with E-state index in [0.717, 1.165) is 42.8 Å². The highest BCUT2D eigenvalue weighted by Gasteiger charge is 2.30. The zero-order valence-electron chi connectivity index (χ0n) is 12.5. The Bertz CT molecular complexity index is 624. The number of nitrogens with zero attached hydrogens (tertiary/aromatic N) is 1. The Balaban J connectivity index is 1.62. The van der Waals surface area contributed by atoms with Crippen LogP contribution in [0.4, 0.5) is 0 Å². The van der Waals surface area contributed by atoms with Crippen molar-refractivity contribution in [1.29, 1.82) is 0 Å².